The van der Waals surface area contributed by atoms with Crippen molar-refractivity contribution in [2.24, 2.45) is 0 Å². The highest BCUT2D eigenvalue weighted by atomic mass is 79.9. The summed E-state index contributed by atoms with van der Waals surface area (Å²) >= 11 is 3.06. The summed E-state index contributed by atoms with van der Waals surface area (Å²) in [6.45, 7) is 0. The Hall–Kier alpha value is -1.90. The SMILES string of the molecule is O=[N+]([O-])c1ccc(-n2ccc(Br)n2)cc1C(F)(F)F. The fraction of sp³-hybridized carbons (Fsp3) is 0.100. The van der Waals surface area contributed by atoms with Crippen LogP contribution in [0.5, 0.6) is 0 Å². The molecular weight excluding hydrogens is 331 g/mol. The van der Waals surface area contributed by atoms with Crippen LogP contribution < -0.4 is 0 Å². The maximum absolute atomic E-state index is 12.8. The Morgan fingerprint density at radius 1 is 1.32 bits per heavy atom. The normalized spacial score (nSPS) is 11.6. The van der Waals surface area contributed by atoms with Crippen molar-refractivity contribution in [3.05, 3.63) is 50.7 Å². The Balaban J connectivity index is 2.59. The molecule has 0 atom stereocenters. The van der Waals surface area contributed by atoms with E-state index in [0.717, 1.165) is 6.07 Å². The molecule has 19 heavy (non-hydrogen) atoms. The Kier molecular flexibility index (Phi) is 3.31. The van der Waals surface area contributed by atoms with E-state index in [1.807, 2.05) is 0 Å². The summed E-state index contributed by atoms with van der Waals surface area (Å²) in [4.78, 5) is 9.53. The van der Waals surface area contributed by atoms with Crippen molar-refractivity contribution in [3.8, 4) is 5.69 Å². The number of alkyl halides is 3. The molecule has 100 valence electrons. The van der Waals surface area contributed by atoms with Gasteiger partial charge in [0.25, 0.3) is 5.69 Å². The fourth-order valence-electron chi connectivity index (χ4n) is 1.50. The van der Waals surface area contributed by atoms with Crippen molar-refractivity contribution in [1.29, 1.82) is 0 Å². The van der Waals surface area contributed by atoms with Gasteiger partial charge in [-0.1, -0.05) is 0 Å². The van der Waals surface area contributed by atoms with Crippen LogP contribution in [0.1, 0.15) is 5.56 Å². The van der Waals surface area contributed by atoms with Gasteiger partial charge in [-0.2, -0.15) is 18.3 Å². The van der Waals surface area contributed by atoms with Gasteiger partial charge in [0.1, 0.15) is 10.2 Å². The summed E-state index contributed by atoms with van der Waals surface area (Å²) < 4.78 is 39.9. The van der Waals surface area contributed by atoms with E-state index in [2.05, 4.69) is 21.0 Å². The molecule has 0 saturated heterocycles. The lowest BCUT2D eigenvalue weighted by molar-refractivity contribution is -0.388. The predicted molar refractivity (Wildman–Crippen MR) is 62.9 cm³/mol. The molecule has 2 rings (SSSR count). The van der Waals surface area contributed by atoms with Gasteiger partial charge in [-0.05, 0) is 34.1 Å². The minimum absolute atomic E-state index is 0.0867. The van der Waals surface area contributed by atoms with Crippen LogP contribution in [-0.4, -0.2) is 14.7 Å². The lowest BCUT2D eigenvalue weighted by Crippen LogP contribution is -2.10. The van der Waals surface area contributed by atoms with Crippen LogP contribution >= 0.6 is 15.9 Å². The minimum Gasteiger partial charge on any atom is -0.258 e. The molecule has 0 unspecified atom stereocenters. The molecule has 0 aliphatic rings. The number of hydrogen-bond acceptors (Lipinski definition) is 3. The summed E-state index contributed by atoms with van der Waals surface area (Å²) in [6, 6.07) is 4.24. The molecular formula is C10H5BrF3N3O2. The van der Waals surface area contributed by atoms with E-state index in [-0.39, 0.29) is 5.69 Å². The van der Waals surface area contributed by atoms with Crippen molar-refractivity contribution in [2.45, 2.75) is 6.18 Å². The van der Waals surface area contributed by atoms with Gasteiger partial charge in [0.2, 0.25) is 0 Å². The molecule has 0 N–H and O–H groups in total. The van der Waals surface area contributed by atoms with Crippen LogP contribution in [-0.2, 0) is 6.18 Å². The first kappa shape index (κ1) is 13.5. The third kappa shape index (κ3) is 2.75. The molecule has 0 amide bonds. The van der Waals surface area contributed by atoms with E-state index in [9.17, 15) is 23.3 Å². The van der Waals surface area contributed by atoms with Crippen molar-refractivity contribution < 1.29 is 18.1 Å². The standard InChI is InChI=1S/C10H5BrF3N3O2/c11-9-3-4-16(15-9)6-1-2-8(17(18)19)7(5-6)10(12,13)14/h1-5H. The van der Waals surface area contributed by atoms with Crippen LogP contribution in [0.25, 0.3) is 5.69 Å². The van der Waals surface area contributed by atoms with Crippen LogP contribution in [0, 0.1) is 10.1 Å². The van der Waals surface area contributed by atoms with Gasteiger partial charge in [-0.25, -0.2) is 4.68 Å². The first-order valence-corrected chi connectivity index (χ1v) is 5.65. The lowest BCUT2D eigenvalue weighted by atomic mass is 10.1. The molecule has 0 aliphatic heterocycles. The molecule has 2 aromatic rings. The highest BCUT2D eigenvalue weighted by Gasteiger charge is 2.38. The van der Waals surface area contributed by atoms with E-state index >= 15 is 0 Å². The average molecular weight is 336 g/mol. The number of hydrogen-bond donors (Lipinski definition) is 0. The highest BCUT2D eigenvalue weighted by molar-refractivity contribution is 9.10. The van der Waals surface area contributed by atoms with Crippen LogP contribution in [0.2, 0.25) is 0 Å². The fourth-order valence-corrected chi connectivity index (χ4v) is 1.79. The quantitative estimate of drug-likeness (QED) is 0.622. The first-order chi connectivity index (χ1) is 8.79. The molecule has 9 heteroatoms. The van der Waals surface area contributed by atoms with E-state index in [4.69, 9.17) is 0 Å². The van der Waals surface area contributed by atoms with E-state index < -0.39 is 22.4 Å². The zero-order valence-electron chi connectivity index (χ0n) is 9.06. The number of aromatic nitrogens is 2. The molecule has 0 bridgehead atoms. The molecule has 1 aromatic carbocycles. The number of nitrogens with zero attached hydrogens (tertiary/aromatic N) is 3. The smallest absolute Gasteiger partial charge is 0.258 e. The zero-order valence-corrected chi connectivity index (χ0v) is 10.6. The molecule has 0 fully saturated rings. The molecule has 0 saturated carbocycles. The van der Waals surface area contributed by atoms with Crippen molar-refractivity contribution in [2.75, 3.05) is 0 Å². The zero-order chi connectivity index (χ0) is 14.2. The number of nitro benzene ring substituents is 1. The highest BCUT2D eigenvalue weighted by Crippen LogP contribution is 2.37. The van der Waals surface area contributed by atoms with Crippen LogP contribution in [0.3, 0.4) is 0 Å². The number of benzene rings is 1. The predicted octanol–water partition coefficient (Wildman–Crippen LogP) is 3.56. The number of rotatable bonds is 2. The van der Waals surface area contributed by atoms with Crippen molar-refractivity contribution >= 4 is 21.6 Å². The lowest BCUT2D eigenvalue weighted by Gasteiger charge is -2.09. The molecule has 0 spiro atoms. The van der Waals surface area contributed by atoms with Gasteiger partial charge in [0, 0.05) is 12.3 Å². The molecule has 1 aromatic heterocycles. The monoisotopic (exact) mass is 335 g/mol. The first-order valence-electron chi connectivity index (χ1n) is 4.86. The summed E-state index contributed by atoms with van der Waals surface area (Å²) in [5, 5.41) is 14.5. The second-order valence-corrected chi connectivity index (χ2v) is 4.35. The third-order valence-electron chi connectivity index (χ3n) is 2.30. The molecule has 5 nitrogen and oxygen atoms in total. The summed E-state index contributed by atoms with van der Waals surface area (Å²) in [5.74, 6) is 0. The summed E-state index contributed by atoms with van der Waals surface area (Å²) in [5.41, 5.74) is -2.20. The van der Waals surface area contributed by atoms with Gasteiger partial charge in [-0.15, -0.1) is 0 Å². The maximum atomic E-state index is 12.8. The van der Waals surface area contributed by atoms with Crippen molar-refractivity contribution in [1.82, 2.24) is 9.78 Å². The second kappa shape index (κ2) is 4.65. The third-order valence-corrected chi connectivity index (χ3v) is 2.73. The van der Waals surface area contributed by atoms with E-state index in [1.54, 1.807) is 0 Å². The Labute approximate surface area is 112 Å². The number of halogens is 4. The average Bonchev–Trinajstić information content (AvgIpc) is 2.74. The number of nitro groups is 1. The molecule has 0 radical (unpaired) electrons. The van der Waals surface area contributed by atoms with E-state index in [0.29, 0.717) is 10.7 Å². The van der Waals surface area contributed by atoms with Gasteiger partial charge in [-0.3, -0.25) is 10.1 Å². The van der Waals surface area contributed by atoms with Gasteiger partial charge in [0.15, 0.2) is 0 Å². The second-order valence-electron chi connectivity index (χ2n) is 3.54. The molecule has 1 heterocycles. The largest absolute Gasteiger partial charge is 0.423 e. The summed E-state index contributed by atoms with van der Waals surface area (Å²) in [7, 11) is 0. The summed E-state index contributed by atoms with van der Waals surface area (Å²) in [6.07, 6.45) is -3.37. The van der Waals surface area contributed by atoms with Crippen molar-refractivity contribution in [3.63, 3.8) is 0 Å². The Morgan fingerprint density at radius 3 is 2.47 bits per heavy atom. The van der Waals surface area contributed by atoms with E-state index in [1.165, 1.54) is 23.0 Å². The minimum atomic E-state index is -4.80. The van der Waals surface area contributed by atoms with Gasteiger partial charge < -0.3 is 0 Å². The van der Waals surface area contributed by atoms with Gasteiger partial charge >= 0.3 is 6.18 Å². The Morgan fingerprint density at radius 2 is 2.00 bits per heavy atom. The topological polar surface area (TPSA) is 61.0 Å². The maximum Gasteiger partial charge on any atom is 0.423 e. The van der Waals surface area contributed by atoms with Crippen LogP contribution in [0.4, 0.5) is 18.9 Å². The Bertz CT molecular complexity index is 639. The van der Waals surface area contributed by atoms with Gasteiger partial charge in [0.05, 0.1) is 10.6 Å². The van der Waals surface area contributed by atoms with Crippen LogP contribution in [0.15, 0.2) is 35.1 Å². The molecule has 0 aliphatic carbocycles.